The zero-order chi connectivity index (χ0) is 13.0. The van der Waals surface area contributed by atoms with Crippen molar-refractivity contribution in [2.24, 2.45) is 5.73 Å². The zero-order valence-electron chi connectivity index (χ0n) is 11.0. The average molecular weight is 246 g/mol. The van der Waals surface area contributed by atoms with Crippen molar-refractivity contribution in [3.05, 3.63) is 35.4 Å². The summed E-state index contributed by atoms with van der Waals surface area (Å²) in [5.41, 5.74) is 7.87. The highest BCUT2D eigenvalue weighted by molar-refractivity contribution is 5.94. The van der Waals surface area contributed by atoms with E-state index in [1.165, 1.54) is 5.56 Å². The molecule has 98 valence electrons. The molecule has 1 fully saturated rings. The maximum atomic E-state index is 12.1. The molecule has 0 heterocycles. The third kappa shape index (κ3) is 3.33. The SMILES string of the molecule is CCc1ccc(C(=O)NC2CCC(N)CC2)cc1. The molecule has 18 heavy (non-hydrogen) atoms. The molecule has 1 aliphatic carbocycles. The van der Waals surface area contributed by atoms with Crippen molar-refractivity contribution < 1.29 is 4.79 Å². The molecule has 0 spiro atoms. The van der Waals surface area contributed by atoms with E-state index in [1.807, 2.05) is 24.3 Å². The van der Waals surface area contributed by atoms with Gasteiger partial charge in [-0.25, -0.2) is 0 Å². The molecular weight excluding hydrogens is 224 g/mol. The fraction of sp³-hybridized carbons (Fsp3) is 0.533. The normalized spacial score (nSPS) is 23.7. The quantitative estimate of drug-likeness (QED) is 0.859. The summed E-state index contributed by atoms with van der Waals surface area (Å²) in [6.45, 7) is 2.11. The molecule has 0 bridgehead atoms. The molecule has 0 aromatic heterocycles. The van der Waals surface area contributed by atoms with Gasteiger partial charge in [0.05, 0.1) is 0 Å². The molecule has 1 amide bonds. The van der Waals surface area contributed by atoms with E-state index < -0.39 is 0 Å². The van der Waals surface area contributed by atoms with Crippen LogP contribution in [0.1, 0.15) is 48.5 Å². The molecule has 0 aliphatic heterocycles. The highest BCUT2D eigenvalue weighted by Gasteiger charge is 2.20. The van der Waals surface area contributed by atoms with Gasteiger partial charge in [0.1, 0.15) is 0 Å². The topological polar surface area (TPSA) is 55.1 Å². The van der Waals surface area contributed by atoms with Crippen LogP contribution in [0.5, 0.6) is 0 Å². The molecule has 3 N–H and O–H groups in total. The van der Waals surface area contributed by atoms with Gasteiger partial charge in [0, 0.05) is 17.6 Å². The van der Waals surface area contributed by atoms with Crippen LogP contribution in [0.2, 0.25) is 0 Å². The van der Waals surface area contributed by atoms with Crippen molar-refractivity contribution in [3.8, 4) is 0 Å². The van der Waals surface area contributed by atoms with Crippen LogP contribution in [0.4, 0.5) is 0 Å². The van der Waals surface area contributed by atoms with E-state index in [2.05, 4.69) is 12.2 Å². The van der Waals surface area contributed by atoms with Gasteiger partial charge < -0.3 is 11.1 Å². The van der Waals surface area contributed by atoms with Gasteiger partial charge in [-0.1, -0.05) is 19.1 Å². The van der Waals surface area contributed by atoms with E-state index in [0.717, 1.165) is 37.7 Å². The first kappa shape index (κ1) is 13.1. The second kappa shape index (κ2) is 6.01. The zero-order valence-corrected chi connectivity index (χ0v) is 11.0. The fourth-order valence-electron chi connectivity index (χ4n) is 2.42. The maximum absolute atomic E-state index is 12.1. The van der Waals surface area contributed by atoms with Crippen LogP contribution >= 0.6 is 0 Å². The maximum Gasteiger partial charge on any atom is 0.251 e. The number of nitrogens with two attached hydrogens (primary N) is 1. The van der Waals surface area contributed by atoms with Gasteiger partial charge in [0.25, 0.3) is 5.91 Å². The van der Waals surface area contributed by atoms with Crippen LogP contribution in [0.25, 0.3) is 0 Å². The molecule has 0 unspecified atom stereocenters. The first-order valence-corrected chi connectivity index (χ1v) is 6.84. The molecule has 3 heteroatoms. The van der Waals surface area contributed by atoms with E-state index in [4.69, 9.17) is 5.73 Å². The number of benzene rings is 1. The van der Waals surface area contributed by atoms with Crippen molar-refractivity contribution in [1.29, 1.82) is 0 Å². The first-order chi connectivity index (χ1) is 8.69. The molecule has 3 nitrogen and oxygen atoms in total. The minimum absolute atomic E-state index is 0.0399. The van der Waals surface area contributed by atoms with Gasteiger partial charge in [0.2, 0.25) is 0 Å². The smallest absolute Gasteiger partial charge is 0.251 e. The molecule has 1 aromatic rings. The van der Waals surface area contributed by atoms with E-state index >= 15 is 0 Å². The lowest BCUT2D eigenvalue weighted by molar-refractivity contribution is 0.0926. The molecule has 0 saturated heterocycles. The average Bonchev–Trinajstić information content (AvgIpc) is 2.41. The number of hydrogen-bond donors (Lipinski definition) is 2. The lowest BCUT2D eigenvalue weighted by Gasteiger charge is -2.26. The Balaban J connectivity index is 1.90. The van der Waals surface area contributed by atoms with Gasteiger partial charge in [0.15, 0.2) is 0 Å². The summed E-state index contributed by atoms with van der Waals surface area (Å²) >= 11 is 0. The summed E-state index contributed by atoms with van der Waals surface area (Å²) < 4.78 is 0. The number of carbonyl (C=O) groups is 1. The summed E-state index contributed by atoms with van der Waals surface area (Å²) in [6, 6.07) is 8.47. The number of nitrogens with one attached hydrogen (secondary N) is 1. The standard InChI is InChI=1S/C15H22N2O/c1-2-11-3-5-12(6-4-11)15(18)17-14-9-7-13(16)8-10-14/h3-6,13-14H,2,7-10,16H2,1H3,(H,17,18). The molecule has 2 rings (SSSR count). The number of carbonyl (C=O) groups excluding carboxylic acids is 1. The van der Waals surface area contributed by atoms with Crippen molar-refractivity contribution in [2.75, 3.05) is 0 Å². The Bertz CT molecular complexity index is 391. The monoisotopic (exact) mass is 246 g/mol. The van der Waals surface area contributed by atoms with Crippen molar-refractivity contribution >= 4 is 5.91 Å². The van der Waals surface area contributed by atoms with E-state index in [-0.39, 0.29) is 5.91 Å². The van der Waals surface area contributed by atoms with Crippen molar-refractivity contribution in [3.63, 3.8) is 0 Å². The van der Waals surface area contributed by atoms with Crippen LogP contribution in [0.15, 0.2) is 24.3 Å². The Hall–Kier alpha value is -1.35. The molecule has 1 saturated carbocycles. The van der Waals surface area contributed by atoms with E-state index in [9.17, 15) is 4.79 Å². The number of hydrogen-bond acceptors (Lipinski definition) is 2. The molecule has 0 radical (unpaired) electrons. The van der Waals surface area contributed by atoms with Gasteiger partial charge in [-0.2, -0.15) is 0 Å². The van der Waals surface area contributed by atoms with E-state index in [0.29, 0.717) is 12.1 Å². The number of aryl methyl sites for hydroxylation is 1. The van der Waals surface area contributed by atoms with Crippen LogP contribution < -0.4 is 11.1 Å². The van der Waals surface area contributed by atoms with Gasteiger partial charge in [-0.15, -0.1) is 0 Å². The lowest BCUT2D eigenvalue weighted by Crippen LogP contribution is -2.40. The predicted octanol–water partition coefficient (Wildman–Crippen LogP) is 2.25. The Labute approximate surface area is 109 Å². The van der Waals surface area contributed by atoms with Crippen molar-refractivity contribution in [2.45, 2.75) is 51.1 Å². The summed E-state index contributed by atoms with van der Waals surface area (Å²) in [5, 5.41) is 3.10. The largest absolute Gasteiger partial charge is 0.349 e. The molecule has 0 atom stereocenters. The molecular formula is C15H22N2O. The second-order valence-corrected chi connectivity index (χ2v) is 5.14. The van der Waals surface area contributed by atoms with Gasteiger partial charge in [-0.05, 0) is 49.8 Å². The summed E-state index contributed by atoms with van der Waals surface area (Å²) in [6.07, 6.45) is 5.03. The lowest BCUT2D eigenvalue weighted by atomic mass is 9.91. The van der Waals surface area contributed by atoms with Gasteiger partial charge in [-0.3, -0.25) is 4.79 Å². The third-order valence-electron chi connectivity index (χ3n) is 3.73. The highest BCUT2D eigenvalue weighted by atomic mass is 16.1. The fourth-order valence-corrected chi connectivity index (χ4v) is 2.42. The van der Waals surface area contributed by atoms with Crippen LogP contribution in [-0.2, 0) is 6.42 Å². The highest BCUT2D eigenvalue weighted by Crippen LogP contribution is 2.17. The van der Waals surface area contributed by atoms with Gasteiger partial charge >= 0.3 is 0 Å². The number of rotatable bonds is 3. The Morgan fingerprint density at radius 3 is 2.39 bits per heavy atom. The van der Waals surface area contributed by atoms with E-state index in [1.54, 1.807) is 0 Å². The Morgan fingerprint density at radius 1 is 1.22 bits per heavy atom. The first-order valence-electron chi connectivity index (χ1n) is 6.84. The van der Waals surface area contributed by atoms with Crippen LogP contribution in [0, 0.1) is 0 Å². The Kier molecular flexibility index (Phi) is 4.37. The minimum atomic E-state index is 0.0399. The number of amides is 1. The summed E-state index contributed by atoms with van der Waals surface area (Å²) in [5.74, 6) is 0.0399. The van der Waals surface area contributed by atoms with Crippen LogP contribution in [0.3, 0.4) is 0 Å². The predicted molar refractivity (Wildman–Crippen MR) is 73.5 cm³/mol. The third-order valence-corrected chi connectivity index (χ3v) is 3.73. The summed E-state index contributed by atoms with van der Waals surface area (Å²) in [4.78, 5) is 12.1. The van der Waals surface area contributed by atoms with Crippen molar-refractivity contribution in [1.82, 2.24) is 5.32 Å². The Morgan fingerprint density at radius 2 is 1.83 bits per heavy atom. The summed E-state index contributed by atoms with van der Waals surface area (Å²) in [7, 11) is 0. The molecule has 1 aliphatic rings. The second-order valence-electron chi connectivity index (χ2n) is 5.14. The minimum Gasteiger partial charge on any atom is -0.349 e. The van der Waals surface area contributed by atoms with Crippen LogP contribution in [-0.4, -0.2) is 18.0 Å². The molecule has 1 aromatic carbocycles.